The third-order valence-corrected chi connectivity index (χ3v) is 2.00. The van der Waals surface area contributed by atoms with Crippen molar-refractivity contribution in [3.05, 3.63) is 12.2 Å². The van der Waals surface area contributed by atoms with E-state index in [-0.39, 0.29) is 0 Å². The van der Waals surface area contributed by atoms with Gasteiger partial charge < -0.3 is 0 Å². The highest BCUT2D eigenvalue weighted by atomic mass is 14.0. The van der Waals surface area contributed by atoms with Crippen LogP contribution in [0.4, 0.5) is 0 Å². The predicted molar refractivity (Wildman–Crippen MR) is 48.1 cm³/mol. The van der Waals surface area contributed by atoms with Crippen molar-refractivity contribution in [1.29, 1.82) is 0 Å². The molecule has 10 heavy (non-hydrogen) atoms. The van der Waals surface area contributed by atoms with E-state index in [4.69, 9.17) is 0 Å². The second kappa shape index (κ2) is 5.52. The zero-order chi connectivity index (χ0) is 7.98. The molecule has 0 aliphatic rings. The minimum atomic E-state index is 0.902. The third-order valence-electron chi connectivity index (χ3n) is 2.00. The molecular weight excluding hydrogens is 120 g/mol. The molecule has 0 aliphatic heterocycles. The summed E-state index contributed by atoms with van der Waals surface area (Å²) in [6.45, 7) is 10.6. The molecule has 0 aliphatic carbocycles. The highest BCUT2D eigenvalue weighted by molar-refractivity contribution is 4.87. The van der Waals surface area contributed by atoms with Crippen LogP contribution in [0.15, 0.2) is 12.2 Å². The zero-order valence-corrected chi connectivity index (χ0v) is 7.61. The van der Waals surface area contributed by atoms with Crippen molar-refractivity contribution in [2.45, 2.75) is 46.5 Å². The third kappa shape index (κ3) is 5.87. The Balaban J connectivity index is 3.11. The molecule has 0 aromatic carbocycles. The first-order valence-corrected chi connectivity index (χ1v) is 4.31. The van der Waals surface area contributed by atoms with E-state index >= 15 is 0 Å². The second-order valence-electron chi connectivity index (χ2n) is 3.36. The molecule has 1 atom stereocenters. The minimum Gasteiger partial charge on any atom is -0.100 e. The van der Waals surface area contributed by atoms with E-state index in [1.54, 1.807) is 0 Å². The van der Waals surface area contributed by atoms with Gasteiger partial charge in [-0.25, -0.2) is 0 Å². The van der Waals surface area contributed by atoms with E-state index in [1.165, 1.54) is 31.3 Å². The van der Waals surface area contributed by atoms with Crippen LogP contribution in [0.3, 0.4) is 0 Å². The summed E-state index contributed by atoms with van der Waals surface area (Å²) in [5.74, 6) is 0.902. The Morgan fingerprint density at radius 1 is 1.50 bits per heavy atom. The van der Waals surface area contributed by atoms with E-state index in [1.807, 2.05) is 0 Å². The van der Waals surface area contributed by atoms with Gasteiger partial charge in [-0.05, 0) is 25.7 Å². The largest absolute Gasteiger partial charge is 0.100 e. The molecule has 0 radical (unpaired) electrons. The van der Waals surface area contributed by atoms with E-state index < -0.39 is 0 Å². The van der Waals surface area contributed by atoms with Crippen LogP contribution in [-0.2, 0) is 0 Å². The van der Waals surface area contributed by atoms with Crippen LogP contribution < -0.4 is 0 Å². The summed E-state index contributed by atoms with van der Waals surface area (Å²) < 4.78 is 0. The minimum absolute atomic E-state index is 0.902. The number of hydrogen-bond acceptors (Lipinski definition) is 0. The maximum Gasteiger partial charge on any atom is -0.0326 e. The van der Waals surface area contributed by atoms with Gasteiger partial charge >= 0.3 is 0 Å². The highest BCUT2D eigenvalue weighted by Gasteiger charge is 1.97. The molecule has 0 bridgehead atoms. The Morgan fingerprint density at radius 2 is 2.10 bits per heavy atom. The van der Waals surface area contributed by atoms with Gasteiger partial charge in [0.1, 0.15) is 0 Å². The molecule has 0 fully saturated rings. The van der Waals surface area contributed by atoms with Crippen LogP contribution in [0.25, 0.3) is 0 Å². The molecule has 0 amide bonds. The van der Waals surface area contributed by atoms with Gasteiger partial charge in [-0.15, -0.1) is 6.58 Å². The highest BCUT2D eigenvalue weighted by Crippen LogP contribution is 2.13. The van der Waals surface area contributed by atoms with Gasteiger partial charge in [0.05, 0.1) is 0 Å². The van der Waals surface area contributed by atoms with Crippen molar-refractivity contribution < 1.29 is 0 Å². The van der Waals surface area contributed by atoms with Crippen LogP contribution in [0, 0.1) is 5.92 Å². The second-order valence-corrected chi connectivity index (χ2v) is 3.36. The van der Waals surface area contributed by atoms with Crippen molar-refractivity contribution in [3.8, 4) is 0 Å². The van der Waals surface area contributed by atoms with Gasteiger partial charge in [-0.1, -0.05) is 32.3 Å². The molecule has 0 rings (SSSR count). The summed E-state index contributed by atoms with van der Waals surface area (Å²) >= 11 is 0. The summed E-state index contributed by atoms with van der Waals surface area (Å²) in [5.41, 5.74) is 1.32. The van der Waals surface area contributed by atoms with Crippen molar-refractivity contribution >= 4 is 0 Å². The summed E-state index contributed by atoms with van der Waals surface area (Å²) in [6, 6.07) is 0. The Hall–Kier alpha value is -0.260. The molecule has 0 spiro atoms. The predicted octanol–water partition coefficient (Wildman–Crippen LogP) is 3.78. The van der Waals surface area contributed by atoms with Crippen molar-refractivity contribution in [2.24, 2.45) is 5.92 Å². The average Bonchev–Trinajstić information content (AvgIpc) is 1.87. The number of allylic oxidation sites excluding steroid dienone is 1. The van der Waals surface area contributed by atoms with Gasteiger partial charge in [0, 0.05) is 0 Å². The average molecular weight is 140 g/mol. The van der Waals surface area contributed by atoms with E-state index in [0.29, 0.717) is 0 Å². The first-order valence-electron chi connectivity index (χ1n) is 4.31. The molecule has 0 nitrogen and oxygen atoms in total. The van der Waals surface area contributed by atoms with Gasteiger partial charge in [0.2, 0.25) is 0 Å². The molecular formula is C10H20. The summed E-state index contributed by atoms with van der Waals surface area (Å²) in [5, 5.41) is 0. The first-order chi connectivity index (χ1) is 4.66. The molecule has 0 aromatic heterocycles. The Bertz CT molecular complexity index is 92.2. The zero-order valence-electron chi connectivity index (χ0n) is 7.61. The number of hydrogen-bond donors (Lipinski definition) is 0. The molecule has 1 unspecified atom stereocenters. The van der Waals surface area contributed by atoms with Crippen molar-refractivity contribution in [3.63, 3.8) is 0 Å². The molecule has 0 aromatic rings. The molecule has 0 N–H and O–H groups in total. The van der Waals surface area contributed by atoms with E-state index in [9.17, 15) is 0 Å². The number of rotatable bonds is 5. The monoisotopic (exact) mass is 140 g/mol. The Morgan fingerprint density at radius 3 is 2.50 bits per heavy atom. The van der Waals surface area contributed by atoms with Crippen LogP contribution in [0.5, 0.6) is 0 Å². The van der Waals surface area contributed by atoms with Crippen LogP contribution in [-0.4, -0.2) is 0 Å². The molecule has 0 saturated carbocycles. The lowest BCUT2D eigenvalue weighted by Crippen LogP contribution is -1.91. The standard InChI is InChI=1S/C10H20/c1-5-10(4)8-6-7-9(2)3/h10H,2,5-8H2,1,3-4H3. The normalized spacial score (nSPS) is 13.1. The van der Waals surface area contributed by atoms with Crippen LogP contribution in [0.1, 0.15) is 46.5 Å². The maximum absolute atomic E-state index is 3.88. The first kappa shape index (κ1) is 9.74. The Labute approximate surface area is 65.3 Å². The summed E-state index contributed by atoms with van der Waals surface area (Å²) in [6.07, 6.45) is 5.22. The lowest BCUT2D eigenvalue weighted by atomic mass is 10.0. The van der Waals surface area contributed by atoms with Gasteiger partial charge in [0.25, 0.3) is 0 Å². The van der Waals surface area contributed by atoms with Crippen molar-refractivity contribution in [2.75, 3.05) is 0 Å². The lowest BCUT2D eigenvalue weighted by molar-refractivity contribution is 0.495. The fourth-order valence-electron chi connectivity index (χ4n) is 0.956. The van der Waals surface area contributed by atoms with Crippen LogP contribution >= 0.6 is 0 Å². The van der Waals surface area contributed by atoms with Gasteiger partial charge in [-0.2, -0.15) is 0 Å². The Kier molecular flexibility index (Phi) is 5.38. The maximum atomic E-state index is 3.88. The van der Waals surface area contributed by atoms with E-state index in [2.05, 4.69) is 27.4 Å². The molecule has 60 valence electrons. The topological polar surface area (TPSA) is 0 Å². The van der Waals surface area contributed by atoms with Gasteiger partial charge in [-0.3, -0.25) is 0 Å². The van der Waals surface area contributed by atoms with Crippen LogP contribution in [0.2, 0.25) is 0 Å². The van der Waals surface area contributed by atoms with Gasteiger partial charge in [0.15, 0.2) is 0 Å². The molecule has 0 saturated heterocycles. The quantitative estimate of drug-likeness (QED) is 0.510. The molecule has 0 heteroatoms. The SMILES string of the molecule is C=C(C)CCCC(C)CC. The summed E-state index contributed by atoms with van der Waals surface area (Å²) in [4.78, 5) is 0. The molecule has 0 heterocycles. The fraction of sp³-hybridized carbons (Fsp3) is 0.800. The summed E-state index contributed by atoms with van der Waals surface area (Å²) in [7, 11) is 0. The smallest absolute Gasteiger partial charge is 0.0326 e. The van der Waals surface area contributed by atoms with Crippen molar-refractivity contribution in [1.82, 2.24) is 0 Å². The lowest BCUT2D eigenvalue weighted by Gasteiger charge is -2.06. The van der Waals surface area contributed by atoms with E-state index in [0.717, 1.165) is 5.92 Å². The fourth-order valence-corrected chi connectivity index (χ4v) is 0.956.